The molecule has 2 heterocycles. The minimum Gasteiger partial charge on any atom is -0.484 e. The number of ether oxygens (including phenoxy) is 3. The molecule has 0 saturated carbocycles. The Morgan fingerprint density at radius 2 is 2.00 bits per heavy atom. The van der Waals surface area contributed by atoms with Crippen LogP contribution in [0.2, 0.25) is 0 Å². The summed E-state index contributed by atoms with van der Waals surface area (Å²) in [7, 11) is 0. The Morgan fingerprint density at radius 3 is 2.83 bits per heavy atom. The van der Waals surface area contributed by atoms with Gasteiger partial charge in [0.15, 0.2) is 18.1 Å². The molecule has 2 aromatic carbocycles. The van der Waals surface area contributed by atoms with Crippen molar-refractivity contribution in [3.8, 4) is 17.2 Å². The van der Waals surface area contributed by atoms with Gasteiger partial charge in [-0.05, 0) is 36.8 Å². The first-order valence-electron chi connectivity index (χ1n) is 10.4. The van der Waals surface area contributed by atoms with E-state index in [2.05, 4.69) is 6.92 Å². The Hall–Kier alpha value is -2.73. The van der Waals surface area contributed by atoms with Crippen LogP contribution >= 0.6 is 0 Å². The molecule has 0 aromatic heterocycles. The van der Waals surface area contributed by atoms with Crippen LogP contribution in [0.4, 0.5) is 0 Å². The van der Waals surface area contributed by atoms with Crippen LogP contribution in [0.3, 0.4) is 0 Å². The second-order valence-electron chi connectivity index (χ2n) is 7.66. The van der Waals surface area contributed by atoms with E-state index in [0.717, 1.165) is 36.6 Å². The first kappa shape index (κ1) is 19.6. The highest BCUT2D eigenvalue weighted by Crippen LogP contribution is 2.32. The molecular weight excluding hydrogens is 368 g/mol. The Balaban J connectivity index is 1.46. The van der Waals surface area contributed by atoms with Gasteiger partial charge >= 0.3 is 0 Å². The molecule has 0 radical (unpaired) electrons. The number of likely N-dealkylation sites (N-methyl/N-ethyl adjacent to an activating group) is 1. The summed E-state index contributed by atoms with van der Waals surface area (Å²) in [6, 6.07) is 15.9. The van der Waals surface area contributed by atoms with E-state index in [0.29, 0.717) is 18.3 Å². The van der Waals surface area contributed by atoms with Gasteiger partial charge in [-0.15, -0.1) is 0 Å². The molecular formula is C23H29N2O4+. The molecule has 0 bridgehead atoms. The molecule has 6 heteroatoms. The van der Waals surface area contributed by atoms with Crippen molar-refractivity contribution in [2.45, 2.75) is 32.4 Å². The zero-order chi connectivity index (χ0) is 20.1. The van der Waals surface area contributed by atoms with Gasteiger partial charge in [0.05, 0.1) is 19.6 Å². The molecule has 1 saturated heterocycles. The van der Waals surface area contributed by atoms with Gasteiger partial charge in [-0.2, -0.15) is 0 Å². The van der Waals surface area contributed by atoms with Gasteiger partial charge in [-0.3, -0.25) is 4.79 Å². The smallest absolute Gasteiger partial charge is 0.261 e. The number of carbonyl (C=O) groups is 1. The second kappa shape index (κ2) is 9.18. The van der Waals surface area contributed by atoms with E-state index in [1.54, 1.807) is 4.90 Å². The van der Waals surface area contributed by atoms with E-state index in [1.165, 1.54) is 13.0 Å². The zero-order valence-corrected chi connectivity index (χ0v) is 16.9. The maximum absolute atomic E-state index is 13.1. The van der Waals surface area contributed by atoms with Gasteiger partial charge in [0, 0.05) is 19.4 Å². The van der Waals surface area contributed by atoms with Crippen LogP contribution in [-0.4, -0.2) is 49.9 Å². The number of amides is 1. The predicted molar refractivity (Wildman–Crippen MR) is 109 cm³/mol. The van der Waals surface area contributed by atoms with Crippen LogP contribution in [0.15, 0.2) is 48.5 Å². The highest BCUT2D eigenvalue weighted by atomic mass is 16.7. The summed E-state index contributed by atoms with van der Waals surface area (Å²) in [6.45, 7) is 6.09. The summed E-state index contributed by atoms with van der Waals surface area (Å²) >= 11 is 0. The van der Waals surface area contributed by atoms with Crippen molar-refractivity contribution < 1.29 is 23.9 Å². The lowest BCUT2D eigenvalue weighted by Gasteiger charge is -2.28. The van der Waals surface area contributed by atoms with Gasteiger partial charge in [-0.25, -0.2) is 0 Å². The summed E-state index contributed by atoms with van der Waals surface area (Å²) in [5.74, 6) is 2.23. The molecule has 0 aliphatic carbocycles. The van der Waals surface area contributed by atoms with E-state index in [9.17, 15) is 4.79 Å². The van der Waals surface area contributed by atoms with E-state index < -0.39 is 0 Å². The standard InChI is InChI=1S/C23H28N2O4/c1-2-24-12-6-7-19(24)15-25(23(26)16-27-20-8-4-3-5-9-20)14-18-10-11-21-22(13-18)29-17-28-21/h3-5,8-11,13,19H,2,6-7,12,14-17H2,1H3/p+1/t19-/m1/s1. The molecule has 1 fully saturated rings. The fourth-order valence-electron chi connectivity index (χ4n) is 4.20. The van der Waals surface area contributed by atoms with Crippen LogP contribution in [0.25, 0.3) is 0 Å². The number of rotatable bonds is 8. The molecule has 6 nitrogen and oxygen atoms in total. The number of quaternary nitrogens is 1. The van der Waals surface area contributed by atoms with Crippen molar-refractivity contribution in [1.29, 1.82) is 0 Å². The van der Waals surface area contributed by atoms with Crippen LogP contribution in [0.1, 0.15) is 25.3 Å². The van der Waals surface area contributed by atoms with Crippen molar-refractivity contribution in [2.75, 3.05) is 33.0 Å². The first-order chi connectivity index (χ1) is 14.2. The lowest BCUT2D eigenvalue weighted by Crippen LogP contribution is -3.14. The van der Waals surface area contributed by atoms with Gasteiger partial charge in [-0.1, -0.05) is 24.3 Å². The van der Waals surface area contributed by atoms with Crippen LogP contribution in [0, 0.1) is 0 Å². The second-order valence-corrected chi connectivity index (χ2v) is 7.66. The first-order valence-corrected chi connectivity index (χ1v) is 10.4. The van der Waals surface area contributed by atoms with E-state index in [1.807, 2.05) is 53.4 Å². The Kier molecular flexibility index (Phi) is 6.20. The van der Waals surface area contributed by atoms with E-state index in [-0.39, 0.29) is 19.3 Å². The van der Waals surface area contributed by atoms with Crippen LogP contribution in [-0.2, 0) is 11.3 Å². The van der Waals surface area contributed by atoms with Crippen molar-refractivity contribution in [3.05, 3.63) is 54.1 Å². The molecule has 2 aromatic rings. The lowest BCUT2D eigenvalue weighted by atomic mass is 10.1. The largest absolute Gasteiger partial charge is 0.484 e. The normalized spacial score (nSPS) is 19.9. The molecule has 4 rings (SSSR count). The highest BCUT2D eigenvalue weighted by molar-refractivity contribution is 5.77. The lowest BCUT2D eigenvalue weighted by molar-refractivity contribution is -0.909. The number of carbonyl (C=O) groups excluding carboxylic acids is 1. The average Bonchev–Trinajstić information content (AvgIpc) is 3.40. The van der Waals surface area contributed by atoms with Crippen molar-refractivity contribution in [1.82, 2.24) is 4.90 Å². The molecule has 0 spiro atoms. The minimum absolute atomic E-state index is 0.00822. The maximum atomic E-state index is 13.1. The van der Waals surface area contributed by atoms with Crippen molar-refractivity contribution in [3.63, 3.8) is 0 Å². The molecule has 2 aliphatic rings. The third-order valence-corrected chi connectivity index (χ3v) is 5.79. The topological polar surface area (TPSA) is 52.4 Å². The molecule has 1 N–H and O–H groups in total. The van der Waals surface area contributed by atoms with E-state index in [4.69, 9.17) is 14.2 Å². The summed E-state index contributed by atoms with van der Waals surface area (Å²) < 4.78 is 16.6. The number of nitrogens with zero attached hydrogens (tertiary/aromatic N) is 1. The number of para-hydroxylation sites is 1. The van der Waals surface area contributed by atoms with Crippen LogP contribution in [0.5, 0.6) is 17.2 Å². The molecule has 2 atom stereocenters. The van der Waals surface area contributed by atoms with Crippen molar-refractivity contribution in [2.24, 2.45) is 0 Å². The minimum atomic E-state index is 0.00822. The van der Waals surface area contributed by atoms with Crippen LogP contribution < -0.4 is 19.1 Å². The molecule has 2 aliphatic heterocycles. The number of likely N-dealkylation sites (tertiary alicyclic amines) is 1. The van der Waals surface area contributed by atoms with Gasteiger partial charge < -0.3 is 24.0 Å². The molecule has 1 unspecified atom stereocenters. The summed E-state index contributed by atoms with van der Waals surface area (Å²) in [6.07, 6.45) is 2.38. The Bertz CT molecular complexity index is 827. The third-order valence-electron chi connectivity index (χ3n) is 5.79. The van der Waals surface area contributed by atoms with E-state index >= 15 is 0 Å². The Labute approximate surface area is 172 Å². The van der Waals surface area contributed by atoms with Gasteiger partial charge in [0.2, 0.25) is 6.79 Å². The summed E-state index contributed by atoms with van der Waals surface area (Å²) in [4.78, 5) is 16.6. The number of fused-ring (bicyclic) bond motifs is 1. The maximum Gasteiger partial charge on any atom is 0.261 e. The zero-order valence-electron chi connectivity index (χ0n) is 16.9. The monoisotopic (exact) mass is 397 g/mol. The third kappa shape index (κ3) is 4.82. The van der Waals surface area contributed by atoms with Gasteiger partial charge in [0.1, 0.15) is 11.8 Å². The molecule has 29 heavy (non-hydrogen) atoms. The quantitative estimate of drug-likeness (QED) is 0.739. The average molecular weight is 397 g/mol. The summed E-state index contributed by atoms with van der Waals surface area (Å²) in [5, 5.41) is 0. The fourth-order valence-corrected chi connectivity index (χ4v) is 4.20. The summed E-state index contributed by atoms with van der Waals surface area (Å²) in [5.41, 5.74) is 1.04. The number of hydrogen-bond donors (Lipinski definition) is 1. The fraction of sp³-hybridized carbons (Fsp3) is 0.435. The highest BCUT2D eigenvalue weighted by Gasteiger charge is 2.31. The predicted octanol–water partition coefficient (Wildman–Crippen LogP) is 1.89. The molecule has 154 valence electrons. The van der Waals surface area contributed by atoms with Crippen molar-refractivity contribution >= 4 is 5.91 Å². The Morgan fingerprint density at radius 1 is 1.17 bits per heavy atom. The number of benzene rings is 2. The SMILES string of the molecule is CC[NH+]1CCC[C@@H]1CN(Cc1ccc2c(c1)OCO2)C(=O)COc1ccccc1. The van der Waals surface area contributed by atoms with Gasteiger partial charge in [0.25, 0.3) is 5.91 Å². The number of nitrogens with one attached hydrogen (secondary N) is 1. The molecule has 1 amide bonds. The number of hydrogen-bond acceptors (Lipinski definition) is 4.